The summed E-state index contributed by atoms with van der Waals surface area (Å²) in [6, 6.07) is 30.3. The normalized spacial score (nSPS) is 10.8. The summed E-state index contributed by atoms with van der Waals surface area (Å²) in [6.07, 6.45) is 4.82. The number of benzene rings is 4. The van der Waals surface area contributed by atoms with E-state index in [1.807, 2.05) is 68.4 Å². The molecule has 0 spiro atoms. The maximum atomic E-state index is 13.1. The molecule has 0 heterocycles. The third-order valence-electron chi connectivity index (χ3n) is 9.46. The van der Waals surface area contributed by atoms with Crippen LogP contribution in [-0.4, -0.2) is 53.0 Å². The number of aliphatic hydroxyl groups excluding tert-OH is 1. The quantitative estimate of drug-likeness (QED) is 0.0350. The van der Waals surface area contributed by atoms with Crippen LogP contribution < -0.4 is 0 Å². The summed E-state index contributed by atoms with van der Waals surface area (Å²) in [5, 5.41) is 9.04. The Morgan fingerprint density at radius 2 is 1.03 bits per heavy atom. The van der Waals surface area contributed by atoms with Crippen molar-refractivity contribution in [3.8, 4) is 23.7 Å². The minimum absolute atomic E-state index is 0.0263. The summed E-state index contributed by atoms with van der Waals surface area (Å²) in [5.74, 6) is 13.6. The van der Waals surface area contributed by atoms with E-state index in [0.29, 0.717) is 42.3 Å². The third kappa shape index (κ3) is 20.9. The summed E-state index contributed by atoms with van der Waals surface area (Å²) >= 11 is 3.41. The average molecular weight is 915 g/mol. The van der Waals surface area contributed by atoms with Gasteiger partial charge in [0, 0.05) is 64.2 Å². The zero-order valence-electron chi connectivity index (χ0n) is 41.5. The highest BCUT2D eigenvalue weighted by Gasteiger charge is 2.22. The molecule has 62 heavy (non-hydrogen) atoms. The number of ether oxygens (including phenoxy) is 2. The number of thioether (sulfide) groups is 2. The number of esters is 2. The largest absolute Gasteiger partial charge is 0.462 e. The van der Waals surface area contributed by atoms with E-state index in [4.69, 9.17) is 17.3 Å². The Balaban J connectivity index is 0.000000595. The summed E-state index contributed by atoms with van der Waals surface area (Å²) in [4.78, 5) is 28.4. The first kappa shape index (κ1) is 52.4. The van der Waals surface area contributed by atoms with Gasteiger partial charge in [0.15, 0.2) is 0 Å². The molecule has 9 heteroatoms. The molecule has 0 amide bonds. The Hall–Kier alpha value is -3.97. The average Bonchev–Trinajstić information content (AvgIpc) is 3.27. The van der Waals surface area contributed by atoms with Crippen LogP contribution in [0.25, 0.3) is 0 Å². The molecule has 4 rings (SSSR count). The monoisotopic (exact) mass is 914 g/mol. The maximum absolute atomic E-state index is 13.1. The Labute approximate surface area is 389 Å². The van der Waals surface area contributed by atoms with Gasteiger partial charge in [-0.1, -0.05) is 146 Å². The minimum Gasteiger partial charge on any atom is -0.462 e. The van der Waals surface area contributed by atoms with E-state index in [0.717, 1.165) is 63.2 Å². The number of aryl methyl sites for hydroxylation is 2. The molecule has 1 N–H and O–H groups in total. The van der Waals surface area contributed by atoms with Crippen LogP contribution in [0.2, 0.25) is 51.4 Å². The fourth-order valence-corrected chi connectivity index (χ4v) is 9.21. The molecule has 0 radical (unpaired) electrons. The third-order valence-corrected chi connectivity index (χ3v) is 14.9. The lowest BCUT2D eigenvalue weighted by Crippen LogP contribution is -2.23. The van der Waals surface area contributed by atoms with Gasteiger partial charge in [-0.05, 0) is 91.0 Å². The van der Waals surface area contributed by atoms with Crippen LogP contribution in [0.5, 0.6) is 0 Å². The molecule has 4 aromatic carbocycles. The molecule has 5 nitrogen and oxygen atoms in total. The minimum atomic E-state index is -1.27. The molecule has 0 atom stereocenters. The number of unbranched alkanes of at least 4 members (excludes halogenated alkanes) is 3. The van der Waals surface area contributed by atoms with Gasteiger partial charge in [0.2, 0.25) is 0 Å². The lowest BCUT2D eigenvalue weighted by Gasteiger charge is -2.17. The first-order chi connectivity index (χ1) is 30.6. The smallest absolute Gasteiger partial charge is 0.338 e. The van der Waals surface area contributed by atoms with Crippen molar-refractivity contribution in [3.63, 3.8) is 0 Å². The van der Waals surface area contributed by atoms with Crippen molar-refractivity contribution in [1.82, 2.24) is 0 Å². The Kier molecular flexibility index (Phi) is 24.8. The number of carbonyl (C=O) groups excluding carboxylic acids is 2. The van der Waals surface area contributed by atoms with Crippen LogP contribution >= 0.6 is 23.5 Å². The van der Waals surface area contributed by atoms with E-state index in [1.165, 1.54) is 32.5 Å². The molecule has 0 unspecified atom stereocenters. The predicted molar refractivity (Wildman–Crippen MR) is 274 cm³/mol. The summed E-state index contributed by atoms with van der Waals surface area (Å²) in [6.45, 7) is 20.8. The van der Waals surface area contributed by atoms with E-state index in [9.17, 15) is 9.59 Å². The van der Waals surface area contributed by atoms with Crippen molar-refractivity contribution < 1.29 is 26.9 Å². The van der Waals surface area contributed by atoms with E-state index < -0.39 is 16.1 Å². The van der Waals surface area contributed by atoms with Crippen LogP contribution in [0.1, 0.15) is 111 Å². The van der Waals surface area contributed by atoms with Gasteiger partial charge < -0.3 is 14.6 Å². The molecule has 0 aromatic heterocycles. The summed E-state index contributed by atoms with van der Waals surface area (Å²) < 4.78 is 22.9. The second kappa shape index (κ2) is 29.4. The van der Waals surface area contributed by atoms with E-state index in [-0.39, 0.29) is 18.5 Å². The number of aliphatic hydroxyl groups is 1. The first-order valence-electron chi connectivity index (χ1n) is 23.2. The number of hydrogen-bond donors (Lipinski definition) is 1. The zero-order valence-corrected chi connectivity index (χ0v) is 43.1. The second-order valence-electron chi connectivity index (χ2n) is 17.2. The molecule has 0 aliphatic heterocycles. The predicted octanol–water partition coefficient (Wildman–Crippen LogP) is 14.5. The zero-order chi connectivity index (χ0) is 48.0. The molecular formula is C53H74O5S2Si2. The van der Waals surface area contributed by atoms with Gasteiger partial charge in [0.25, 0.3) is 0 Å². The standard InChI is InChI=1S/C27H36O2SSi.C24H30O3SSi.2CH4/c1-6-7-8-9-11-14-23-18-17-22(2)26(27(28)29-19-20-31(3,4)5)25(23)21-30-24-15-12-10-13-16-24;1-19-13-14-20(10-8-9-15-25)22(18-28-21-11-6-5-7-12-21)23(19)24(26)27-16-17-29(2,3)4;;/h10,12-13,15-18H,6-9,19-21H2,1-5H3;5-7,11-14,25H,9,15-18H2,1-4H3;2*1H4/i;;2*1T. The number of hydrogen-bond acceptors (Lipinski definition) is 7. The van der Waals surface area contributed by atoms with Crippen molar-refractivity contribution in [2.75, 3.05) is 19.8 Å². The van der Waals surface area contributed by atoms with Crippen molar-refractivity contribution in [2.45, 2.75) is 140 Å². The van der Waals surface area contributed by atoms with Gasteiger partial charge in [-0.2, -0.15) is 0 Å². The Morgan fingerprint density at radius 1 is 0.629 bits per heavy atom. The van der Waals surface area contributed by atoms with E-state index >= 15 is 0 Å². The molecule has 0 aliphatic rings. The van der Waals surface area contributed by atoms with Crippen LogP contribution in [0.4, 0.5) is 0 Å². The number of rotatable bonds is 18. The molecule has 0 aliphatic carbocycles. The Bertz CT molecular complexity index is 2100. The van der Waals surface area contributed by atoms with E-state index in [2.05, 4.69) is 100 Å². The summed E-state index contributed by atoms with van der Waals surface area (Å²) in [5.41, 5.74) is 6.85. The Morgan fingerprint density at radius 3 is 1.40 bits per heavy atom. The van der Waals surface area contributed by atoms with Crippen molar-refractivity contribution in [3.05, 3.63) is 129 Å². The summed E-state index contributed by atoms with van der Waals surface area (Å²) in [7, 11) is -0.0265. The van der Waals surface area contributed by atoms with Gasteiger partial charge in [0.1, 0.15) is 0 Å². The molecule has 0 fully saturated rings. The van der Waals surface area contributed by atoms with Gasteiger partial charge >= 0.3 is 11.9 Å². The van der Waals surface area contributed by atoms with Crippen molar-refractivity contribution in [1.29, 1.82) is 0 Å². The van der Waals surface area contributed by atoms with Crippen LogP contribution in [0, 0.1) is 37.5 Å². The van der Waals surface area contributed by atoms with Gasteiger partial charge in [-0.3, -0.25) is 0 Å². The van der Waals surface area contributed by atoms with Gasteiger partial charge in [-0.15, -0.1) is 23.5 Å². The second-order valence-corrected chi connectivity index (χ2v) is 30.5. The highest BCUT2D eigenvalue weighted by Crippen LogP contribution is 2.31. The maximum Gasteiger partial charge on any atom is 0.338 e. The van der Waals surface area contributed by atoms with Gasteiger partial charge in [0.05, 0.1) is 30.9 Å². The fraction of sp³-hybridized carbons (Fsp3) is 0.434. The van der Waals surface area contributed by atoms with Crippen LogP contribution in [0.3, 0.4) is 0 Å². The molecular weight excluding hydrogens is 837 g/mol. The van der Waals surface area contributed by atoms with Crippen LogP contribution in [-0.2, 0) is 21.0 Å². The fourth-order valence-electron chi connectivity index (χ4n) is 5.86. The number of carbonyl (C=O) groups is 2. The topological polar surface area (TPSA) is 72.8 Å². The molecule has 336 valence electrons. The molecule has 4 aromatic rings. The molecule has 0 bridgehead atoms. The SMILES string of the molecule is CCCCCC#Cc1ccc(C)c(C(=O)OCC[Si](C)(C)C)c1CSc1ccccc1.Cc1ccc(C#CCCO)c(CSc2ccccc2)c1C(=O)OCC[Si](C)(C)C.[3H]C.[3H]C. The highest BCUT2D eigenvalue weighted by atomic mass is 32.2. The highest BCUT2D eigenvalue weighted by molar-refractivity contribution is 7.98. The lowest BCUT2D eigenvalue weighted by atomic mass is 9.97. The van der Waals surface area contributed by atoms with E-state index in [1.54, 1.807) is 23.5 Å². The lowest BCUT2D eigenvalue weighted by molar-refractivity contribution is 0.0513. The van der Waals surface area contributed by atoms with Crippen LogP contribution in [0.15, 0.2) is 94.7 Å². The van der Waals surface area contributed by atoms with Crippen molar-refractivity contribution >= 4 is 51.6 Å². The molecule has 0 saturated heterocycles. The van der Waals surface area contributed by atoms with Gasteiger partial charge in [-0.25, -0.2) is 9.59 Å². The van der Waals surface area contributed by atoms with Crippen molar-refractivity contribution in [2.24, 2.45) is 0 Å². The first-order valence-corrected chi connectivity index (χ1v) is 30.6. The molecule has 0 saturated carbocycles.